The monoisotopic (exact) mass is 687 g/mol. The highest BCUT2D eigenvalue weighted by Gasteiger charge is 2.59. The number of hydrogen-bond acceptors (Lipinski definition) is 4. The Bertz CT molecular complexity index is 1620. The van der Waals surface area contributed by atoms with E-state index in [4.69, 9.17) is 9.16 Å². The summed E-state index contributed by atoms with van der Waals surface area (Å²) >= 11 is 0. The van der Waals surface area contributed by atoms with Gasteiger partial charge in [0, 0.05) is 17.2 Å². The maximum absolute atomic E-state index is 14.2. The summed E-state index contributed by atoms with van der Waals surface area (Å²) < 4.78 is 13.9. The average Bonchev–Trinajstić information content (AvgIpc) is 3.45. The highest BCUT2D eigenvalue weighted by Crippen LogP contribution is 2.47. The lowest BCUT2D eigenvalue weighted by Crippen LogP contribution is -2.67. The molecule has 2 atom stereocenters. The van der Waals surface area contributed by atoms with Crippen LogP contribution < -0.4 is 10.4 Å². The van der Waals surface area contributed by atoms with E-state index in [2.05, 4.69) is 88.4 Å². The summed E-state index contributed by atoms with van der Waals surface area (Å²) in [6.07, 6.45) is 7.41. The van der Waals surface area contributed by atoms with Gasteiger partial charge in [0.1, 0.15) is 0 Å². The number of nitrogens with zero attached hydrogens (tertiary/aromatic N) is 1. The average molecular weight is 688 g/mol. The first-order valence-corrected chi connectivity index (χ1v) is 20.1. The van der Waals surface area contributed by atoms with E-state index < -0.39 is 26.1 Å². The van der Waals surface area contributed by atoms with Crippen molar-refractivity contribution in [2.75, 3.05) is 0 Å². The first-order chi connectivity index (χ1) is 24.1. The lowest BCUT2D eigenvalue weighted by Gasteiger charge is -2.45. The Morgan fingerprint density at radius 1 is 0.820 bits per heavy atom. The van der Waals surface area contributed by atoms with Crippen LogP contribution in [0, 0.1) is 5.92 Å². The molecule has 0 radical (unpaired) electrons. The zero-order valence-corrected chi connectivity index (χ0v) is 31.5. The molecular formula is C44H53NO4Si. The molecule has 0 saturated carbocycles. The minimum absolute atomic E-state index is 0.0838. The Hall–Kier alpha value is -4.26. The molecule has 50 heavy (non-hydrogen) atoms. The van der Waals surface area contributed by atoms with Crippen LogP contribution in [0.1, 0.15) is 84.8 Å². The molecule has 0 unspecified atom stereocenters. The van der Waals surface area contributed by atoms with Gasteiger partial charge in [-0.05, 0) is 40.2 Å². The van der Waals surface area contributed by atoms with Gasteiger partial charge in [0.2, 0.25) is 0 Å². The highest BCUT2D eigenvalue weighted by molar-refractivity contribution is 6.99. The highest BCUT2D eigenvalue weighted by atomic mass is 28.4. The molecule has 0 aromatic heterocycles. The summed E-state index contributed by atoms with van der Waals surface area (Å²) in [7, 11) is -2.81. The van der Waals surface area contributed by atoms with Crippen LogP contribution in [-0.4, -0.2) is 37.4 Å². The molecule has 0 bridgehead atoms. The van der Waals surface area contributed by atoms with Gasteiger partial charge in [-0.1, -0.05) is 188 Å². The summed E-state index contributed by atoms with van der Waals surface area (Å²) in [4.78, 5) is 29.3. The van der Waals surface area contributed by atoms with Gasteiger partial charge in [0.15, 0.2) is 5.60 Å². The van der Waals surface area contributed by atoms with Gasteiger partial charge in [0.05, 0.1) is 6.04 Å². The molecule has 262 valence electrons. The lowest BCUT2D eigenvalue weighted by atomic mass is 9.75. The fraction of sp³-hybridized carbons (Fsp3) is 0.364. The van der Waals surface area contributed by atoms with Crippen molar-refractivity contribution in [3.8, 4) is 0 Å². The first kappa shape index (κ1) is 37.0. The van der Waals surface area contributed by atoms with Gasteiger partial charge in [-0.3, -0.25) is 4.79 Å². The van der Waals surface area contributed by atoms with Crippen LogP contribution in [0.25, 0.3) is 0 Å². The van der Waals surface area contributed by atoms with Gasteiger partial charge in [-0.25, -0.2) is 9.69 Å². The maximum atomic E-state index is 14.2. The molecule has 1 fully saturated rings. The van der Waals surface area contributed by atoms with E-state index in [0.717, 1.165) is 36.8 Å². The molecule has 0 aliphatic carbocycles. The second-order valence-electron chi connectivity index (χ2n) is 14.8. The van der Waals surface area contributed by atoms with Crippen LogP contribution in [0.4, 0.5) is 4.79 Å². The van der Waals surface area contributed by atoms with E-state index in [1.54, 1.807) is 6.08 Å². The second kappa shape index (κ2) is 16.2. The van der Waals surface area contributed by atoms with Gasteiger partial charge < -0.3 is 9.16 Å². The quantitative estimate of drug-likeness (QED) is 0.0753. The van der Waals surface area contributed by atoms with Crippen LogP contribution in [-0.2, 0) is 19.6 Å². The van der Waals surface area contributed by atoms with Gasteiger partial charge in [0.25, 0.3) is 14.2 Å². The number of cyclic esters (lactones) is 1. The molecule has 1 saturated heterocycles. The molecule has 1 aliphatic heterocycles. The topological polar surface area (TPSA) is 55.8 Å². The fourth-order valence-electron chi connectivity index (χ4n) is 7.72. The molecule has 4 aromatic rings. The molecule has 2 amide bonds. The largest absolute Gasteiger partial charge is 0.430 e. The van der Waals surface area contributed by atoms with E-state index in [1.807, 2.05) is 80.6 Å². The van der Waals surface area contributed by atoms with Crippen molar-refractivity contribution in [3.05, 3.63) is 145 Å². The summed E-state index contributed by atoms with van der Waals surface area (Å²) in [6, 6.07) is 40.4. The number of carbonyl (C=O) groups is 2. The second-order valence-corrected chi connectivity index (χ2v) is 19.0. The normalized spacial score (nSPS) is 16.9. The smallest absolute Gasteiger partial charge is 0.418 e. The van der Waals surface area contributed by atoms with E-state index >= 15 is 0 Å². The molecule has 5 rings (SSSR count). The predicted octanol–water partition coefficient (Wildman–Crippen LogP) is 9.41. The van der Waals surface area contributed by atoms with Crippen molar-refractivity contribution in [1.82, 2.24) is 4.90 Å². The summed E-state index contributed by atoms with van der Waals surface area (Å²) in [6.45, 7) is 13.2. The number of benzene rings is 4. The van der Waals surface area contributed by atoms with Crippen molar-refractivity contribution in [1.29, 1.82) is 0 Å². The summed E-state index contributed by atoms with van der Waals surface area (Å²) in [5, 5.41) is 2.30. The molecular weight excluding hydrogens is 635 g/mol. The van der Waals surface area contributed by atoms with Gasteiger partial charge in [-0.15, -0.1) is 0 Å². The molecule has 0 spiro atoms. The maximum Gasteiger partial charge on any atom is 0.418 e. The van der Waals surface area contributed by atoms with E-state index in [9.17, 15) is 9.59 Å². The van der Waals surface area contributed by atoms with E-state index in [0.29, 0.717) is 6.42 Å². The number of unbranched alkanes of at least 4 members (excludes halogenated alkanes) is 2. The molecule has 1 heterocycles. The third kappa shape index (κ3) is 7.42. The van der Waals surface area contributed by atoms with Crippen LogP contribution >= 0.6 is 0 Å². The van der Waals surface area contributed by atoms with Crippen molar-refractivity contribution in [3.63, 3.8) is 0 Å². The minimum atomic E-state index is -2.81. The van der Waals surface area contributed by atoms with Crippen LogP contribution in [0.3, 0.4) is 0 Å². The number of imide groups is 1. The van der Waals surface area contributed by atoms with Crippen molar-refractivity contribution >= 4 is 30.7 Å². The summed E-state index contributed by atoms with van der Waals surface area (Å²) in [5.41, 5.74) is 0.547. The first-order valence-electron chi connectivity index (χ1n) is 18.2. The van der Waals surface area contributed by atoms with Gasteiger partial charge >= 0.3 is 6.09 Å². The Labute approximate surface area is 300 Å². The molecule has 0 N–H and O–H groups in total. The number of hydrogen-bond donors (Lipinski definition) is 0. The Morgan fingerprint density at radius 3 is 1.74 bits per heavy atom. The molecule has 4 aromatic carbocycles. The lowest BCUT2D eigenvalue weighted by molar-refractivity contribution is -0.125. The van der Waals surface area contributed by atoms with Crippen LogP contribution in [0.15, 0.2) is 133 Å². The van der Waals surface area contributed by atoms with Crippen molar-refractivity contribution in [2.45, 2.75) is 96.4 Å². The fourth-order valence-corrected chi connectivity index (χ4v) is 12.5. The van der Waals surface area contributed by atoms with Crippen molar-refractivity contribution < 1.29 is 18.8 Å². The third-order valence-electron chi connectivity index (χ3n) is 9.96. The zero-order chi connectivity index (χ0) is 35.8. The predicted molar refractivity (Wildman–Crippen MR) is 206 cm³/mol. The number of rotatable bonds is 14. The summed E-state index contributed by atoms with van der Waals surface area (Å²) in [5.74, 6) is -0.459. The van der Waals surface area contributed by atoms with Crippen molar-refractivity contribution in [2.24, 2.45) is 5.92 Å². The molecule has 5 nitrogen and oxygen atoms in total. The standard InChI is InChI=1S/C44H53NO4Si/c1-7-8-13-27-37(49-50(43(4,5)6,38-29-18-11-19-30-38)39-31-20-12-21-32-39)28-22-33-40(46)45-41(34(2)3)44(48-42(45)47,35-23-14-9-15-24-35)36-25-16-10-17-26-36/h9-12,14-26,29-34,37,41H,7-8,13,27-28H2,1-6H3/b33-22+/t37-,41-/m0/s1. The Balaban J connectivity index is 1.49. The zero-order valence-electron chi connectivity index (χ0n) is 30.5. The van der Waals surface area contributed by atoms with Gasteiger partial charge in [-0.2, -0.15) is 0 Å². The molecule has 1 aliphatic rings. The van der Waals surface area contributed by atoms with E-state index in [1.165, 1.54) is 15.3 Å². The Morgan fingerprint density at radius 2 is 1.30 bits per heavy atom. The molecule has 6 heteroatoms. The minimum Gasteiger partial charge on any atom is -0.430 e. The number of amides is 2. The van der Waals surface area contributed by atoms with Crippen LogP contribution in [0.2, 0.25) is 5.04 Å². The number of carbonyl (C=O) groups excluding carboxylic acids is 2. The van der Waals surface area contributed by atoms with E-state index in [-0.39, 0.29) is 23.0 Å². The number of ether oxygens (including phenoxy) is 1. The van der Waals surface area contributed by atoms with Crippen LogP contribution in [0.5, 0.6) is 0 Å². The SMILES string of the molecule is CCCCC[C@@H](C/C=C/C(=O)N1C(=O)OC(c2ccccc2)(c2ccccc2)[C@@H]1C(C)C)O[Si](c1ccccc1)(c1ccccc1)C(C)(C)C. The Kier molecular flexibility index (Phi) is 12.0. The third-order valence-corrected chi connectivity index (χ3v) is 15.1.